The van der Waals surface area contributed by atoms with Gasteiger partial charge in [0.2, 0.25) is 0 Å². The fraction of sp³-hybridized carbons (Fsp3) is 0.586. The van der Waals surface area contributed by atoms with Crippen LogP contribution in [-0.4, -0.2) is 61.0 Å². The van der Waals surface area contributed by atoms with E-state index in [2.05, 4.69) is 40.5 Å². The molecule has 2 aliphatic heterocycles. The third-order valence-corrected chi connectivity index (χ3v) is 9.67. The summed E-state index contributed by atoms with van der Waals surface area (Å²) in [5.41, 5.74) is 2.62. The number of benzene rings is 1. The molecule has 0 spiro atoms. The minimum Gasteiger partial charge on any atom is -0.357 e. The minimum absolute atomic E-state index is 0.0987. The Kier molecular flexibility index (Phi) is 7.39. The molecule has 2 aliphatic rings. The quantitative estimate of drug-likeness (QED) is 0.312. The molecule has 3 aromatic heterocycles. The monoisotopic (exact) mass is 567 g/mol. The molecule has 1 aromatic carbocycles. The molecule has 11 heteroatoms. The maximum Gasteiger partial charge on any atom is 0.349 e. The number of aryl methyl sites for hydroxylation is 2. The predicted molar refractivity (Wildman–Crippen MR) is 157 cm³/mol. The van der Waals surface area contributed by atoms with E-state index in [1.807, 2.05) is 23.9 Å². The van der Waals surface area contributed by atoms with Gasteiger partial charge >= 0.3 is 5.69 Å². The van der Waals surface area contributed by atoms with Crippen molar-refractivity contribution >= 4 is 38.4 Å². The number of hydrogen-bond acceptors (Lipinski definition) is 8. The Morgan fingerprint density at radius 3 is 2.67 bits per heavy atom. The molecule has 2 unspecified atom stereocenters. The number of rotatable bonds is 6. The Morgan fingerprint density at radius 1 is 1.15 bits per heavy atom. The Morgan fingerprint density at radius 2 is 1.95 bits per heavy atom. The van der Waals surface area contributed by atoms with Gasteiger partial charge in [0.05, 0.1) is 26.9 Å². The standard InChI is InChI=1S/C29H38FN7O2S/c1-6-19-15-36(28-27-24(34(5)29(38)32-28)16-37(33-27)26-10-8-9-11-39-26)20(7-2)14-35(19)17(3)21-12-25-23(13-22(21)30)31-18(4)40-25/h12-13,16-17,19-20,26H,6-11,14-15H2,1-5H3/t17?,19-,20+,26?/m1/s1. The number of thiazole rings is 1. The van der Waals surface area contributed by atoms with Gasteiger partial charge in [-0.1, -0.05) is 13.8 Å². The lowest BCUT2D eigenvalue weighted by Gasteiger charge is -2.49. The summed E-state index contributed by atoms with van der Waals surface area (Å²) >= 11 is 1.60. The van der Waals surface area contributed by atoms with Crippen molar-refractivity contribution in [3.8, 4) is 0 Å². The van der Waals surface area contributed by atoms with E-state index in [-0.39, 0.29) is 35.9 Å². The highest BCUT2D eigenvalue weighted by atomic mass is 32.1. The SMILES string of the molecule is CC[C@H]1CN(C(C)c2cc3sc(C)nc3cc2F)[C@H](CC)CN1c1nc(=O)n(C)c2cn(C3CCCCO3)nc12. The lowest BCUT2D eigenvalue weighted by Crippen LogP contribution is -2.59. The minimum atomic E-state index is -0.291. The van der Waals surface area contributed by atoms with Gasteiger partial charge in [0.1, 0.15) is 12.0 Å². The van der Waals surface area contributed by atoms with Gasteiger partial charge in [-0.25, -0.2) is 18.9 Å². The molecule has 2 fully saturated rings. The van der Waals surface area contributed by atoms with Gasteiger partial charge in [0.15, 0.2) is 11.3 Å². The second kappa shape index (κ2) is 10.8. The highest BCUT2D eigenvalue weighted by molar-refractivity contribution is 7.18. The first kappa shape index (κ1) is 27.3. The Bertz CT molecular complexity index is 1590. The van der Waals surface area contributed by atoms with Gasteiger partial charge in [0, 0.05) is 56.5 Å². The topological polar surface area (TPSA) is 81.3 Å². The molecule has 0 N–H and O–H groups in total. The summed E-state index contributed by atoms with van der Waals surface area (Å²) in [6.07, 6.45) is 6.61. The van der Waals surface area contributed by atoms with Crippen molar-refractivity contribution in [3.05, 3.63) is 45.2 Å². The fourth-order valence-electron chi connectivity index (χ4n) is 6.39. The van der Waals surface area contributed by atoms with Gasteiger partial charge in [-0.3, -0.25) is 9.47 Å². The smallest absolute Gasteiger partial charge is 0.349 e. The van der Waals surface area contributed by atoms with Crippen molar-refractivity contribution in [3.63, 3.8) is 0 Å². The second-order valence-corrected chi connectivity index (χ2v) is 12.4. The van der Waals surface area contributed by atoms with Crippen LogP contribution in [0.4, 0.5) is 10.2 Å². The van der Waals surface area contributed by atoms with Gasteiger partial charge in [0.25, 0.3) is 0 Å². The number of ether oxygens (including phenoxy) is 1. The van der Waals surface area contributed by atoms with E-state index in [0.29, 0.717) is 17.9 Å². The molecule has 2 saturated heterocycles. The Hall–Kier alpha value is -2.89. The molecule has 6 rings (SSSR count). The van der Waals surface area contributed by atoms with Gasteiger partial charge < -0.3 is 9.64 Å². The molecular formula is C29H38FN7O2S. The molecule has 0 saturated carbocycles. The molecule has 0 bridgehead atoms. The molecule has 40 heavy (non-hydrogen) atoms. The summed E-state index contributed by atoms with van der Waals surface area (Å²) in [6, 6.07) is 3.70. The number of halogens is 1. The number of anilines is 1. The normalized spacial score (nSPS) is 23.4. The van der Waals surface area contributed by atoms with Crippen molar-refractivity contribution in [1.29, 1.82) is 0 Å². The van der Waals surface area contributed by atoms with E-state index >= 15 is 4.39 Å². The summed E-state index contributed by atoms with van der Waals surface area (Å²) < 4.78 is 25.8. The molecule has 214 valence electrons. The number of fused-ring (bicyclic) bond motifs is 2. The summed E-state index contributed by atoms with van der Waals surface area (Å²) in [6.45, 7) is 10.5. The van der Waals surface area contributed by atoms with Crippen molar-refractivity contribution in [2.45, 2.75) is 84.2 Å². The van der Waals surface area contributed by atoms with E-state index in [0.717, 1.165) is 71.5 Å². The van der Waals surface area contributed by atoms with Crippen LogP contribution in [0.1, 0.15) is 75.7 Å². The maximum absolute atomic E-state index is 15.4. The third-order valence-electron chi connectivity index (χ3n) is 8.74. The summed E-state index contributed by atoms with van der Waals surface area (Å²) in [5.74, 6) is 0.430. The zero-order chi connectivity index (χ0) is 28.1. The van der Waals surface area contributed by atoms with Crippen molar-refractivity contribution in [1.82, 2.24) is 29.2 Å². The van der Waals surface area contributed by atoms with Crippen LogP contribution in [0.15, 0.2) is 23.1 Å². The van der Waals surface area contributed by atoms with Crippen LogP contribution >= 0.6 is 11.3 Å². The number of nitrogens with zero attached hydrogens (tertiary/aromatic N) is 7. The molecule has 0 amide bonds. The maximum atomic E-state index is 15.4. The molecule has 9 nitrogen and oxygen atoms in total. The van der Waals surface area contributed by atoms with Crippen molar-refractivity contribution < 1.29 is 9.13 Å². The van der Waals surface area contributed by atoms with Crippen molar-refractivity contribution in [2.75, 3.05) is 24.6 Å². The molecule has 4 atom stereocenters. The zero-order valence-electron chi connectivity index (χ0n) is 23.9. The van der Waals surface area contributed by atoms with E-state index in [9.17, 15) is 4.79 Å². The number of hydrogen-bond donors (Lipinski definition) is 0. The largest absolute Gasteiger partial charge is 0.357 e. The predicted octanol–water partition coefficient (Wildman–Crippen LogP) is 5.33. The molecular weight excluding hydrogens is 529 g/mol. The van der Waals surface area contributed by atoms with E-state index in [1.54, 1.807) is 29.0 Å². The number of piperazine rings is 1. The third kappa shape index (κ3) is 4.71. The van der Waals surface area contributed by atoms with Gasteiger partial charge in [-0.05, 0) is 52.0 Å². The van der Waals surface area contributed by atoms with E-state index in [4.69, 9.17) is 9.84 Å². The Labute approximate surface area is 237 Å². The van der Waals surface area contributed by atoms with Crippen LogP contribution < -0.4 is 10.6 Å². The van der Waals surface area contributed by atoms with E-state index < -0.39 is 0 Å². The zero-order valence-corrected chi connectivity index (χ0v) is 24.7. The highest BCUT2D eigenvalue weighted by Crippen LogP contribution is 2.36. The van der Waals surface area contributed by atoms with Crippen LogP contribution in [0.2, 0.25) is 0 Å². The molecule has 5 heterocycles. The van der Waals surface area contributed by atoms with Crippen LogP contribution in [-0.2, 0) is 11.8 Å². The van der Waals surface area contributed by atoms with Crippen LogP contribution in [0.25, 0.3) is 21.3 Å². The summed E-state index contributed by atoms with van der Waals surface area (Å²) in [7, 11) is 1.75. The Balaban J connectivity index is 1.35. The van der Waals surface area contributed by atoms with Crippen molar-refractivity contribution in [2.24, 2.45) is 7.05 Å². The fourth-order valence-corrected chi connectivity index (χ4v) is 7.24. The highest BCUT2D eigenvalue weighted by Gasteiger charge is 2.38. The first-order valence-electron chi connectivity index (χ1n) is 14.5. The van der Waals surface area contributed by atoms with Crippen LogP contribution in [0.3, 0.4) is 0 Å². The van der Waals surface area contributed by atoms with Gasteiger partial charge in [-0.2, -0.15) is 10.1 Å². The first-order chi connectivity index (χ1) is 19.3. The first-order valence-corrected chi connectivity index (χ1v) is 15.3. The van der Waals surface area contributed by atoms with E-state index in [1.165, 1.54) is 0 Å². The van der Waals surface area contributed by atoms with Crippen LogP contribution in [0, 0.1) is 12.7 Å². The summed E-state index contributed by atoms with van der Waals surface area (Å²) in [5, 5.41) is 5.88. The molecule has 0 radical (unpaired) electrons. The number of aromatic nitrogens is 5. The molecule has 4 aromatic rings. The lowest BCUT2D eigenvalue weighted by atomic mass is 9.96. The second-order valence-electron chi connectivity index (χ2n) is 11.2. The van der Waals surface area contributed by atoms with Gasteiger partial charge in [-0.15, -0.1) is 11.3 Å². The lowest BCUT2D eigenvalue weighted by molar-refractivity contribution is -0.0390. The average Bonchev–Trinajstić information content (AvgIpc) is 3.57. The summed E-state index contributed by atoms with van der Waals surface area (Å²) in [4.78, 5) is 26.8. The average molecular weight is 568 g/mol. The molecule has 0 aliphatic carbocycles. The van der Waals surface area contributed by atoms with Crippen LogP contribution in [0.5, 0.6) is 0 Å².